The van der Waals surface area contributed by atoms with Crippen molar-refractivity contribution >= 4 is 5.97 Å². The minimum atomic E-state index is -0.787. The van der Waals surface area contributed by atoms with Crippen LogP contribution in [0.5, 0.6) is 0 Å². The predicted octanol–water partition coefficient (Wildman–Crippen LogP) is 1.45. The van der Waals surface area contributed by atoms with E-state index in [9.17, 15) is 4.79 Å². The quantitative estimate of drug-likeness (QED) is 0.701. The van der Waals surface area contributed by atoms with E-state index in [0.29, 0.717) is 12.5 Å². The highest BCUT2D eigenvalue weighted by Crippen LogP contribution is 2.14. The van der Waals surface area contributed by atoms with Gasteiger partial charge in [-0.15, -0.1) is 0 Å². The lowest BCUT2D eigenvalue weighted by Crippen LogP contribution is -2.48. The minimum absolute atomic E-state index is 0.0733. The monoisotopic (exact) mass is 217 g/mol. The van der Waals surface area contributed by atoms with Gasteiger partial charge in [0.25, 0.3) is 0 Å². The molecule has 0 aliphatic carbocycles. The molecule has 0 aliphatic rings. The predicted molar refractivity (Wildman–Crippen MR) is 60.0 cm³/mol. The van der Waals surface area contributed by atoms with Crippen LogP contribution in [-0.2, 0) is 9.53 Å². The van der Waals surface area contributed by atoms with E-state index >= 15 is 0 Å². The van der Waals surface area contributed by atoms with Crippen molar-refractivity contribution in [1.29, 1.82) is 0 Å². The number of carboxylic acids is 1. The van der Waals surface area contributed by atoms with Crippen LogP contribution in [0.15, 0.2) is 0 Å². The summed E-state index contributed by atoms with van der Waals surface area (Å²) in [6, 6.07) is 0.370. The Hall–Kier alpha value is -0.610. The lowest BCUT2D eigenvalue weighted by molar-refractivity contribution is -0.140. The summed E-state index contributed by atoms with van der Waals surface area (Å²) in [4.78, 5) is 12.7. The van der Waals surface area contributed by atoms with Crippen molar-refractivity contribution in [3.05, 3.63) is 0 Å². The number of aliphatic carboxylic acids is 1. The first kappa shape index (κ1) is 14.4. The summed E-state index contributed by atoms with van der Waals surface area (Å²) in [6.07, 6.45) is 0. The summed E-state index contributed by atoms with van der Waals surface area (Å²) in [6.45, 7) is 8.83. The van der Waals surface area contributed by atoms with Crippen molar-refractivity contribution in [2.45, 2.75) is 39.8 Å². The Morgan fingerprint density at radius 2 is 1.87 bits per heavy atom. The first-order valence-corrected chi connectivity index (χ1v) is 5.36. The van der Waals surface area contributed by atoms with Gasteiger partial charge in [0.05, 0.1) is 13.2 Å². The fourth-order valence-electron chi connectivity index (χ4n) is 1.68. The molecule has 0 aromatic heterocycles. The highest BCUT2D eigenvalue weighted by atomic mass is 16.5. The standard InChI is InChI=1S/C11H23NO3/c1-8(2)10(7-15-5)12(9(3)4)6-11(13)14/h8-10H,6-7H2,1-5H3,(H,13,14). The first-order chi connectivity index (χ1) is 6.90. The molecule has 0 aromatic rings. The molecule has 0 saturated carbocycles. The average molecular weight is 217 g/mol. The number of carbonyl (C=O) groups is 1. The van der Waals surface area contributed by atoms with E-state index in [4.69, 9.17) is 9.84 Å². The average Bonchev–Trinajstić information content (AvgIpc) is 2.09. The van der Waals surface area contributed by atoms with Gasteiger partial charge >= 0.3 is 5.97 Å². The third-order valence-electron chi connectivity index (χ3n) is 2.51. The fourth-order valence-corrected chi connectivity index (χ4v) is 1.68. The molecule has 0 bridgehead atoms. The number of methoxy groups -OCH3 is 1. The molecule has 0 heterocycles. The summed E-state index contributed by atoms with van der Waals surface area (Å²) < 4.78 is 5.14. The molecule has 0 saturated heterocycles. The van der Waals surface area contributed by atoms with Gasteiger partial charge in [-0.25, -0.2) is 0 Å². The maximum absolute atomic E-state index is 10.8. The molecule has 1 atom stereocenters. The van der Waals surface area contributed by atoms with Crippen LogP contribution in [0.3, 0.4) is 0 Å². The third-order valence-corrected chi connectivity index (χ3v) is 2.51. The van der Waals surface area contributed by atoms with Crippen molar-refractivity contribution in [3.63, 3.8) is 0 Å². The summed E-state index contributed by atoms with van der Waals surface area (Å²) in [5, 5.41) is 8.85. The molecule has 0 spiro atoms. The normalized spacial score (nSPS) is 13.9. The molecular weight excluding hydrogens is 194 g/mol. The second-order valence-electron chi connectivity index (χ2n) is 4.43. The van der Waals surface area contributed by atoms with E-state index in [2.05, 4.69) is 13.8 Å². The Morgan fingerprint density at radius 1 is 1.33 bits per heavy atom. The molecule has 1 N–H and O–H groups in total. The molecule has 4 nitrogen and oxygen atoms in total. The van der Waals surface area contributed by atoms with Crippen molar-refractivity contribution in [1.82, 2.24) is 4.90 Å². The zero-order valence-electron chi connectivity index (χ0n) is 10.4. The third kappa shape index (κ3) is 5.14. The Labute approximate surface area is 92.2 Å². The highest BCUT2D eigenvalue weighted by molar-refractivity contribution is 5.69. The number of hydrogen-bond acceptors (Lipinski definition) is 3. The lowest BCUT2D eigenvalue weighted by atomic mass is 10.0. The second-order valence-corrected chi connectivity index (χ2v) is 4.43. The van der Waals surface area contributed by atoms with Gasteiger partial charge in [-0.3, -0.25) is 9.69 Å². The van der Waals surface area contributed by atoms with Gasteiger partial charge in [0.2, 0.25) is 0 Å². The van der Waals surface area contributed by atoms with Crippen LogP contribution in [0.25, 0.3) is 0 Å². The molecule has 0 aliphatic heterocycles. The molecule has 1 unspecified atom stereocenters. The number of rotatable bonds is 7. The van der Waals surface area contributed by atoms with Crippen molar-refractivity contribution in [2.24, 2.45) is 5.92 Å². The Kier molecular flexibility index (Phi) is 6.52. The summed E-state index contributed by atoms with van der Waals surface area (Å²) in [5.41, 5.74) is 0. The summed E-state index contributed by atoms with van der Waals surface area (Å²) in [7, 11) is 1.65. The maximum atomic E-state index is 10.8. The van der Waals surface area contributed by atoms with E-state index in [-0.39, 0.29) is 18.6 Å². The van der Waals surface area contributed by atoms with Crippen LogP contribution in [-0.4, -0.2) is 48.3 Å². The van der Waals surface area contributed by atoms with Crippen LogP contribution in [0, 0.1) is 5.92 Å². The van der Waals surface area contributed by atoms with Crippen molar-refractivity contribution in [2.75, 3.05) is 20.3 Å². The SMILES string of the molecule is COCC(C(C)C)N(CC(=O)O)C(C)C. The molecule has 0 fully saturated rings. The molecule has 0 rings (SSSR count). The largest absolute Gasteiger partial charge is 0.480 e. The summed E-state index contributed by atoms with van der Waals surface area (Å²) in [5.74, 6) is -0.405. The molecular formula is C11H23NO3. The summed E-state index contributed by atoms with van der Waals surface area (Å²) >= 11 is 0. The van der Waals surface area contributed by atoms with E-state index < -0.39 is 5.97 Å². The van der Waals surface area contributed by atoms with Gasteiger partial charge in [-0.1, -0.05) is 13.8 Å². The van der Waals surface area contributed by atoms with E-state index in [1.54, 1.807) is 7.11 Å². The number of carboxylic acid groups (broad SMARTS) is 1. The highest BCUT2D eigenvalue weighted by Gasteiger charge is 2.25. The topological polar surface area (TPSA) is 49.8 Å². The van der Waals surface area contributed by atoms with Crippen LogP contribution in [0.1, 0.15) is 27.7 Å². The van der Waals surface area contributed by atoms with Crippen molar-refractivity contribution in [3.8, 4) is 0 Å². The molecule has 0 radical (unpaired) electrons. The van der Waals surface area contributed by atoms with E-state index in [1.807, 2.05) is 18.7 Å². The minimum Gasteiger partial charge on any atom is -0.480 e. The number of nitrogens with zero attached hydrogens (tertiary/aromatic N) is 1. The number of ether oxygens (including phenoxy) is 1. The van der Waals surface area contributed by atoms with Gasteiger partial charge in [0, 0.05) is 19.2 Å². The van der Waals surface area contributed by atoms with Gasteiger partial charge in [-0.2, -0.15) is 0 Å². The van der Waals surface area contributed by atoms with Crippen LogP contribution in [0.2, 0.25) is 0 Å². The molecule has 4 heteroatoms. The molecule has 15 heavy (non-hydrogen) atoms. The van der Waals surface area contributed by atoms with E-state index in [0.717, 1.165) is 0 Å². The van der Waals surface area contributed by atoms with Crippen LogP contribution >= 0.6 is 0 Å². The van der Waals surface area contributed by atoms with Crippen LogP contribution < -0.4 is 0 Å². The Morgan fingerprint density at radius 3 is 2.13 bits per heavy atom. The van der Waals surface area contributed by atoms with Crippen molar-refractivity contribution < 1.29 is 14.6 Å². The Balaban J connectivity index is 4.59. The van der Waals surface area contributed by atoms with E-state index in [1.165, 1.54) is 0 Å². The maximum Gasteiger partial charge on any atom is 0.317 e. The molecule has 0 amide bonds. The smallest absolute Gasteiger partial charge is 0.317 e. The molecule has 90 valence electrons. The van der Waals surface area contributed by atoms with Crippen LogP contribution in [0.4, 0.5) is 0 Å². The van der Waals surface area contributed by atoms with Gasteiger partial charge in [0.1, 0.15) is 0 Å². The lowest BCUT2D eigenvalue weighted by Gasteiger charge is -2.35. The second kappa shape index (κ2) is 6.80. The van der Waals surface area contributed by atoms with Gasteiger partial charge in [-0.05, 0) is 19.8 Å². The van der Waals surface area contributed by atoms with Gasteiger partial charge < -0.3 is 9.84 Å². The zero-order chi connectivity index (χ0) is 12.0. The Bertz CT molecular complexity index is 192. The fraction of sp³-hybridized carbons (Fsp3) is 0.909. The zero-order valence-corrected chi connectivity index (χ0v) is 10.4. The molecule has 0 aromatic carbocycles. The van der Waals surface area contributed by atoms with Gasteiger partial charge in [0.15, 0.2) is 0 Å². The first-order valence-electron chi connectivity index (χ1n) is 5.36. The number of hydrogen-bond donors (Lipinski definition) is 1.